The minimum absolute atomic E-state index is 0.530. The number of hydrogen-bond acceptors (Lipinski definition) is 3. The molecule has 2 aliphatic carbocycles. The van der Waals surface area contributed by atoms with Crippen LogP contribution in [0.5, 0.6) is 11.5 Å². The van der Waals surface area contributed by atoms with Gasteiger partial charge in [-0.3, -0.25) is 0 Å². The lowest BCUT2D eigenvalue weighted by Gasteiger charge is -2.31. The maximum absolute atomic E-state index is 6.24. The molecule has 0 aromatic heterocycles. The van der Waals surface area contributed by atoms with Crippen LogP contribution in [0.3, 0.4) is 0 Å². The fourth-order valence-corrected chi connectivity index (χ4v) is 3.79. The highest BCUT2D eigenvalue weighted by Crippen LogP contribution is 2.45. The maximum Gasteiger partial charge on any atom is 0.145 e. The van der Waals surface area contributed by atoms with Crippen LogP contribution in [-0.2, 0) is 0 Å². The third-order valence-electron chi connectivity index (χ3n) is 4.84. The molecule has 2 saturated carbocycles. The highest BCUT2D eigenvalue weighted by Gasteiger charge is 2.34. The molecule has 0 aliphatic heterocycles. The predicted molar refractivity (Wildman–Crippen MR) is 86.6 cm³/mol. The topological polar surface area (TPSA) is 30.5 Å². The summed E-state index contributed by atoms with van der Waals surface area (Å²) in [4.78, 5) is 0. The van der Waals surface area contributed by atoms with E-state index in [1.54, 1.807) is 14.2 Å². The van der Waals surface area contributed by atoms with Gasteiger partial charge in [-0.25, -0.2) is 0 Å². The van der Waals surface area contributed by atoms with Gasteiger partial charge in [-0.05, 0) is 43.6 Å². The van der Waals surface area contributed by atoms with Gasteiger partial charge in [0.05, 0.1) is 24.9 Å². The van der Waals surface area contributed by atoms with E-state index in [0.29, 0.717) is 16.8 Å². The van der Waals surface area contributed by atoms with Crippen molar-refractivity contribution >= 4 is 17.3 Å². The Bertz CT molecular complexity index is 502. The van der Waals surface area contributed by atoms with Gasteiger partial charge >= 0.3 is 0 Å². The van der Waals surface area contributed by atoms with Gasteiger partial charge in [0.25, 0.3) is 0 Å². The average Bonchev–Trinajstić information content (AvgIpc) is 3.32. The quantitative estimate of drug-likeness (QED) is 0.852. The molecule has 2 unspecified atom stereocenters. The second kappa shape index (κ2) is 6.35. The molecule has 4 heteroatoms. The largest absolute Gasteiger partial charge is 0.495 e. The van der Waals surface area contributed by atoms with E-state index < -0.39 is 0 Å². The summed E-state index contributed by atoms with van der Waals surface area (Å²) in [5.41, 5.74) is 0.977. The van der Waals surface area contributed by atoms with Crippen LogP contribution in [-0.4, -0.2) is 20.3 Å². The zero-order chi connectivity index (χ0) is 14.8. The zero-order valence-electron chi connectivity index (χ0n) is 12.8. The lowest BCUT2D eigenvalue weighted by atomic mass is 9.82. The first-order valence-electron chi connectivity index (χ1n) is 7.89. The van der Waals surface area contributed by atoms with Gasteiger partial charge < -0.3 is 14.8 Å². The van der Waals surface area contributed by atoms with Crippen molar-refractivity contribution in [1.29, 1.82) is 0 Å². The molecule has 3 rings (SSSR count). The summed E-state index contributed by atoms with van der Waals surface area (Å²) in [6.07, 6.45) is 8.12. The number of methoxy groups -OCH3 is 2. The van der Waals surface area contributed by atoms with E-state index in [9.17, 15) is 0 Å². The predicted octanol–water partition coefficient (Wildman–Crippen LogP) is 4.74. The van der Waals surface area contributed by atoms with Crippen LogP contribution in [0.25, 0.3) is 0 Å². The third-order valence-corrected chi connectivity index (χ3v) is 5.13. The van der Waals surface area contributed by atoms with Gasteiger partial charge in [-0.1, -0.05) is 24.4 Å². The van der Waals surface area contributed by atoms with Crippen LogP contribution in [0.15, 0.2) is 12.1 Å². The third kappa shape index (κ3) is 3.39. The normalized spacial score (nSPS) is 25.5. The van der Waals surface area contributed by atoms with Gasteiger partial charge in [0.2, 0.25) is 0 Å². The minimum atomic E-state index is 0.530. The fourth-order valence-electron chi connectivity index (χ4n) is 3.55. The van der Waals surface area contributed by atoms with Crippen LogP contribution >= 0.6 is 11.6 Å². The molecule has 1 aromatic carbocycles. The smallest absolute Gasteiger partial charge is 0.145 e. The second-order valence-corrected chi connectivity index (χ2v) is 6.70. The molecular weight excluding hydrogens is 286 g/mol. The van der Waals surface area contributed by atoms with Crippen molar-refractivity contribution < 1.29 is 9.47 Å². The molecule has 0 radical (unpaired) electrons. The summed E-state index contributed by atoms with van der Waals surface area (Å²) in [6.45, 7) is 0. The van der Waals surface area contributed by atoms with Crippen LogP contribution in [0.1, 0.15) is 38.5 Å². The Morgan fingerprint density at radius 2 is 1.76 bits per heavy atom. The van der Waals surface area contributed by atoms with E-state index in [2.05, 4.69) is 5.32 Å². The maximum atomic E-state index is 6.24. The van der Waals surface area contributed by atoms with Crippen molar-refractivity contribution in [3.8, 4) is 11.5 Å². The van der Waals surface area contributed by atoms with Gasteiger partial charge in [0.1, 0.15) is 11.5 Å². The number of halogens is 1. The molecule has 2 atom stereocenters. The molecule has 0 bridgehead atoms. The molecule has 0 heterocycles. The molecule has 1 N–H and O–H groups in total. The number of ether oxygens (including phenoxy) is 2. The Kier molecular flexibility index (Phi) is 4.48. The molecule has 2 fully saturated rings. The number of nitrogens with one attached hydrogen (secondary N) is 1. The molecule has 0 spiro atoms. The van der Waals surface area contributed by atoms with Crippen LogP contribution < -0.4 is 14.8 Å². The van der Waals surface area contributed by atoms with Crippen LogP contribution in [0.2, 0.25) is 5.02 Å². The number of benzene rings is 1. The van der Waals surface area contributed by atoms with E-state index in [1.807, 2.05) is 12.1 Å². The summed E-state index contributed by atoms with van der Waals surface area (Å²) < 4.78 is 10.7. The Hall–Kier alpha value is -1.09. The average molecular weight is 310 g/mol. The first-order valence-corrected chi connectivity index (χ1v) is 8.27. The molecule has 3 nitrogen and oxygen atoms in total. The first-order chi connectivity index (χ1) is 10.2. The summed E-state index contributed by atoms with van der Waals surface area (Å²) in [5, 5.41) is 4.26. The number of hydrogen-bond donors (Lipinski definition) is 1. The number of rotatable bonds is 5. The SMILES string of the molecule is COc1cc(OC)c(NC2CCCC(C3CC3)C2)cc1Cl. The first kappa shape index (κ1) is 14.8. The summed E-state index contributed by atoms with van der Waals surface area (Å²) in [7, 11) is 3.30. The highest BCUT2D eigenvalue weighted by molar-refractivity contribution is 6.32. The van der Waals surface area contributed by atoms with Crippen molar-refractivity contribution in [2.45, 2.75) is 44.6 Å². The van der Waals surface area contributed by atoms with E-state index in [4.69, 9.17) is 21.1 Å². The molecule has 0 amide bonds. The standard InChI is InChI=1S/C17H24ClNO2/c1-20-16-10-17(21-2)15(9-14(16)18)19-13-5-3-4-12(8-13)11-6-7-11/h9-13,19H,3-8H2,1-2H3. The van der Waals surface area contributed by atoms with Crippen molar-refractivity contribution in [2.24, 2.45) is 11.8 Å². The summed E-state index contributed by atoms with van der Waals surface area (Å²) in [6, 6.07) is 4.30. The Balaban J connectivity index is 1.72. The van der Waals surface area contributed by atoms with E-state index in [0.717, 1.165) is 23.3 Å². The molecule has 116 valence electrons. The Morgan fingerprint density at radius 3 is 2.43 bits per heavy atom. The van der Waals surface area contributed by atoms with Gasteiger partial charge in [0, 0.05) is 12.1 Å². The Morgan fingerprint density at radius 1 is 1.00 bits per heavy atom. The van der Waals surface area contributed by atoms with Crippen molar-refractivity contribution in [1.82, 2.24) is 0 Å². The molecule has 2 aliphatic rings. The summed E-state index contributed by atoms with van der Waals surface area (Å²) >= 11 is 6.24. The van der Waals surface area contributed by atoms with Crippen LogP contribution in [0.4, 0.5) is 5.69 Å². The molecule has 1 aromatic rings. The monoisotopic (exact) mass is 309 g/mol. The van der Waals surface area contributed by atoms with Crippen molar-refractivity contribution in [2.75, 3.05) is 19.5 Å². The minimum Gasteiger partial charge on any atom is -0.495 e. The van der Waals surface area contributed by atoms with Gasteiger partial charge in [-0.15, -0.1) is 0 Å². The highest BCUT2D eigenvalue weighted by atomic mass is 35.5. The van der Waals surface area contributed by atoms with E-state index >= 15 is 0 Å². The van der Waals surface area contributed by atoms with Crippen molar-refractivity contribution in [3.63, 3.8) is 0 Å². The van der Waals surface area contributed by atoms with Gasteiger partial charge in [-0.2, -0.15) is 0 Å². The second-order valence-electron chi connectivity index (χ2n) is 6.29. The zero-order valence-corrected chi connectivity index (χ0v) is 13.6. The van der Waals surface area contributed by atoms with E-state index in [-0.39, 0.29) is 0 Å². The molecular formula is C17H24ClNO2. The van der Waals surface area contributed by atoms with E-state index in [1.165, 1.54) is 38.5 Å². The Labute approximate surface area is 132 Å². The lowest BCUT2D eigenvalue weighted by Crippen LogP contribution is -2.28. The van der Waals surface area contributed by atoms with Gasteiger partial charge in [0.15, 0.2) is 0 Å². The fraction of sp³-hybridized carbons (Fsp3) is 0.647. The van der Waals surface area contributed by atoms with Crippen LogP contribution in [0, 0.1) is 11.8 Å². The van der Waals surface area contributed by atoms with Crippen molar-refractivity contribution in [3.05, 3.63) is 17.2 Å². The lowest BCUT2D eigenvalue weighted by molar-refractivity contribution is 0.302. The molecule has 21 heavy (non-hydrogen) atoms. The molecule has 0 saturated heterocycles. The number of anilines is 1. The summed E-state index contributed by atoms with van der Waals surface area (Å²) in [5.74, 6) is 3.36.